The van der Waals surface area contributed by atoms with Gasteiger partial charge in [-0.15, -0.1) is 0 Å². The number of aryl methyl sites for hydroxylation is 1. The molecule has 0 unspecified atom stereocenters. The topological polar surface area (TPSA) is 93.5 Å². The fourth-order valence-corrected chi connectivity index (χ4v) is 2.57. The number of carbonyl (C=O) groups excluding carboxylic acids is 1. The van der Waals surface area contributed by atoms with Crippen LogP contribution in [0, 0.1) is 5.92 Å². The van der Waals surface area contributed by atoms with Gasteiger partial charge in [0, 0.05) is 38.2 Å². The second-order valence-corrected chi connectivity index (χ2v) is 5.11. The van der Waals surface area contributed by atoms with E-state index < -0.39 is 5.97 Å². The molecule has 0 aromatic carbocycles. The minimum atomic E-state index is -0.959. The van der Waals surface area contributed by atoms with Gasteiger partial charge in [-0.3, -0.25) is 14.3 Å². The maximum absolute atomic E-state index is 11.6. The highest BCUT2D eigenvalue weighted by Gasteiger charge is 2.32. The van der Waals surface area contributed by atoms with Crippen molar-refractivity contribution in [3.63, 3.8) is 0 Å². The number of ether oxygens (including phenoxy) is 1. The van der Waals surface area contributed by atoms with Crippen LogP contribution < -0.4 is 5.32 Å². The summed E-state index contributed by atoms with van der Waals surface area (Å²) >= 11 is 0. The van der Waals surface area contributed by atoms with Crippen molar-refractivity contribution in [2.75, 3.05) is 13.2 Å². The number of nitrogens with zero attached hydrogens (tertiary/aromatic N) is 2. The molecule has 2 atom stereocenters. The Kier molecular flexibility index (Phi) is 5.32. The lowest BCUT2D eigenvalue weighted by Crippen LogP contribution is -2.31. The smallest absolute Gasteiger partial charge is 0.303 e. The van der Waals surface area contributed by atoms with Gasteiger partial charge in [0.2, 0.25) is 5.91 Å². The number of aromatic nitrogens is 2. The molecule has 0 radical (unpaired) electrons. The van der Waals surface area contributed by atoms with E-state index in [1.54, 1.807) is 6.20 Å². The van der Waals surface area contributed by atoms with E-state index >= 15 is 0 Å². The van der Waals surface area contributed by atoms with Gasteiger partial charge in [-0.05, 0) is 19.4 Å². The van der Waals surface area contributed by atoms with Crippen molar-refractivity contribution in [2.24, 2.45) is 5.92 Å². The van der Waals surface area contributed by atoms with Crippen molar-refractivity contribution < 1.29 is 19.4 Å². The number of amides is 1. The quantitative estimate of drug-likeness (QED) is 0.781. The molecule has 0 spiro atoms. The van der Waals surface area contributed by atoms with Gasteiger partial charge in [-0.2, -0.15) is 5.10 Å². The standard InChI is InChI=1S/C14H21N3O4/c1-2-17-11(5-7-16-17)14-10(6-8-21-14)9-15-12(18)3-4-13(19)20/h5,7,10,14H,2-4,6,8-9H2,1H3,(H,15,18)(H,19,20)/t10-,14+/m0/s1. The van der Waals surface area contributed by atoms with Crippen LogP contribution in [-0.2, 0) is 20.9 Å². The summed E-state index contributed by atoms with van der Waals surface area (Å²) in [7, 11) is 0. The predicted molar refractivity (Wildman–Crippen MR) is 74.6 cm³/mol. The van der Waals surface area contributed by atoms with Crippen LogP contribution in [0.15, 0.2) is 12.3 Å². The third kappa shape index (κ3) is 4.04. The number of carboxylic acid groups (broad SMARTS) is 1. The van der Waals surface area contributed by atoms with Gasteiger partial charge in [-0.1, -0.05) is 0 Å². The fourth-order valence-electron chi connectivity index (χ4n) is 2.57. The molecule has 0 aliphatic carbocycles. The summed E-state index contributed by atoms with van der Waals surface area (Å²) in [4.78, 5) is 22.0. The zero-order chi connectivity index (χ0) is 15.2. The number of hydrogen-bond acceptors (Lipinski definition) is 4. The molecule has 2 heterocycles. The SMILES string of the molecule is CCn1nccc1[C@@H]1OCC[C@H]1CNC(=O)CCC(=O)O. The predicted octanol–water partition coefficient (Wildman–Crippen LogP) is 0.962. The summed E-state index contributed by atoms with van der Waals surface area (Å²) in [6.45, 7) is 3.96. The van der Waals surface area contributed by atoms with Gasteiger partial charge in [0.15, 0.2) is 0 Å². The highest BCUT2D eigenvalue weighted by atomic mass is 16.5. The van der Waals surface area contributed by atoms with E-state index in [0.717, 1.165) is 18.7 Å². The highest BCUT2D eigenvalue weighted by Crippen LogP contribution is 2.33. The molecular weight excluding hydrogens is 274 g/mol. The number of hydrogen-bond donors (Lipinski definition) is 2. The molecule has 2 N–H and O–H groups in total. The molecule has 2 rings (SSSR count). The molecule has 1 fully saturated rings. The minimum absolute atomic E-state index is 0.0144. The first-order chi connectivity index (χ1) is 10.1. The monoisotopic (exact) mass is 295 g/mol. The van der Waals surface area contributed by atoms with Crippen LogP contribution in [0.25, 0.3) is 0 Å². The molecule has 1 aliphatic heterocycles. The van der Waals surface area contributed by atoms with Crippen molar-refractivity contribution in [3.05, 3.63) is 18.0 Å². The molecule has 1 saturated heterocycles. The summed E-state index contributed by atoms with van der Waals surface area (Å²) in [5, 5.41) is 15.6. The molecule has 21 heavy (non-hydrogen) atoms. The molecule has 1 amide bonds. The lowest BCUT2D eigenvalue weighted by atomic mass is 9.99. The van der Waals surface area contributed by atoms with Gasteiger partial charge in [0.1, 0.15) is 6.10 Å². The minimum Gasteiger partial charge on any atom is -0.481 e. The van der Waals surface area contributed by atoms with E-state index in [1.165, 1.54) is 0 Å². The van der Waals surface area contributed by atoms with Crippen LogP contribution in [0.4, 0.5) is 0 Å². The average Bonchev–Trinajstić information content (AvgIpc) is 3.10. The van der Waals surface area contributed by atoms with E-state index in [1.807, 2.05) is 17.7 Å². The Balaban J connectivity index is 1.88. The largest absolute Gasteiger partial charge is 0.481 e. The summed E-state index contributed by atoms with van der Waals surface area (Å²) < 4.78 is 7.67. The van der Waals surface area contributed by atoms with Crippen LogP contribution in [0.3, 0.4) is 0 Å². The summed E-state index contributed by atoms with van der Waals surface area (Å²) in [5.41, 5.74) is 1.03. The van der Waals surface area contributed by atoms with E-state index in [9.17, 15) is 9.59 Å². The Labute approximate surface area is 123 Å². The van der Waals surface area contributed by atoms with E-state index in [2.05, 4.69) is 10.4 Å². The number of nitrogens with one attached hydrogen (secondary N) is 1. The maximum Gasteiger partial charge on any atom is 0.303 e. The maximum atomic E-state index is 11.6. The molecule has 1 aromatic heterocycles. The Hall–Kier alpha value is -1.89. The van der Waals surface area contributed by atoms with Gasteiger partial charge in [-0.25, -0.2) is 0 Å². The van der Waals surface area contributed by atoms with Crippen molar-refractivity contribution in [2.45, 2.75) is 38.8 Å². The Morgan fingerprint density at radius 2 is 2.33 bits per heavy atom. The molecule has 0 bridgehead atoms. The van der Waals surface area contributed by atoms with E-state index in [0.29, 0.717) is 13.2 Å². The Bertz CT molecular complexity index is 500. The van der Waals surface area contributed by atoms with Crippen LogP contribution in [0.2, 0.25) is 0 Å². The van der Waals surface area contributed by atoms with Crippen LogP contribution >= 0.6 is 0 Å². The molecule has 0 saturated carbocycles. The van der Waals surface area contributed by atoms with E-state index in [-0.39, 0.29) is 30.8 Å². The summed E-state index contributed by atoms with van der Waals surface area (Å²) in [5.74, 6) is -0.994. The van der Waals surface area contributed by atoms with Crippen LogP contribution in [0.1, 0.15) is 38.0 Å². The number of carboxylic acids is 1. The van der Waals surface area contributed by atoms with Gasteiger partial charge < -0.3 is 15.2 Å². The van der Waals surface area contributed by atoms with Crippen LogP contribution in [-0.4, -0.2) is 39.9 Å². The fraction of sp³-hybridized carbons (Fsp3) is 0.643. The first-order valence-electron chi connectivity index (χ1n) is 7.23. The molecule has 116 valence electrons. The third-order valence-corrected chi connectivity index (χ3v) is 3.68. The lowest BCUT2D eigenvalue weighted by Gasteiger charge is -2.19. The second kappa shape index (κ2) is 7.21. The molecule has 1 aliphatic rings. The second-order valence-electron chi connectivity index (χ2n) is 5.11. The van der Waals surface area contributed by atoms with Gasteiger partial charge in [0.05, 0.1) is 12.1 Å². The zero-order valence-corrected chi connectivity index (χ0v) is 12.1. The Morgan fingerprint density at radius 1 is 1.52 bits per heavy atom. The highest BCUT2D eigenvalue weighted by molar-refractivity contribution is 5.80. The van der Waals surface area contributed by atoms with E-state index in [4.69, 9.17) is 9.84 Å². The van der Waals surface area contributed by atoms with Gasteiger partial charge in [0.25, 0.3) is 0 Å². The lowest BCUT2D eigenvalue weighted by molar-refractivity contribution is -0.138. The Morgan fingerprint density at radius 3 is 3.05 bits per heavy atom. The molecule has 1 aromatic rings. The first-order valence-corrected chi connectivity index (χ1v) is 7.23. The zero-order valence-electron chi connectivity index (χ0n) is 12.1. The average molecular weight is 295 g/mol. The van der Waals surface area contributed by atoms with Crippen LogP contribution in [0.5, 0.6) is 0 Å². The number of rotatable bonds is 7. The number of carbonyl (C=O) groups is 2. The molecule has 7 heteroatoms. The van der Waals surface area contributed by atoms with Crippen molar-refractivity contribution in [1.82, 2.24) is 15.1 Å². The van der Waals surface area contributed by atoms with Crippen molar-refractivity contribution in [1.29, 1.82) is 0 Å². The summed E-state index contributed by atoms with van der Waals surface area (Å²) in [6.07, 6.45) is 2.44. The molecular formula is C14H21N3O4. The van der Waals surface area contributed by atoms with Crippen molar-refractivity contribution in [3.8, 4) is 0 Å². The number of aliphatic carboxylic acids is 1. The first kappa shape index (κ1) is 15.5. The molecule has 7 nitrogen and oxygen atoms in total. The summed E-state index contributed by atoms with van der Waals surface area (Å²) in [6, 6.07) is 1.94. The van der Waals surface area contributed by atoms with Crippen molar-refractivity contribution >= 4 is 11.9 Å². The normalized spacial score (nSPS) is 21.4. The van der Waals surface area contributed by atoms with Gasteiger partial charge >= 0.3 is 5.97 Å². The third-order valence-electron chi connectivity index (χ3n) is 3.68.